The molecular formula is C10H7BrFNO. The quantitative estimate of drug-likeness (QED) is 0.724. The lowest BCUT2D eigenvalue weighted by atomic mass is 9.98. The molecule has 1 aromatic carbocycles. The summed E-state index contributed by atoms with van der Waals surface area (Å²) in [6, 6.07) is 6.40. The number of halogens is 2. The molecule has 0 aromatic heterocycles. The predicted octanol–water partition coefficient (Wildman–Crippen LogP) is 2.73. The van der Waals surface area contributed by atoms with Gasteiger partial charge in [0.1, 0.15) is 11.4 Å². The molecule has 0 radical (unpaired) electrons. The molecule has 1 aliphatic rings. The highest BCUT2D eigenvalue weighted by molar-refractivity contribution is 9.10. The average molecular weight is 256 g/mol. The molecule has 2 rings (SSSR count). The van der Waals surface area contributed by atoms with Gasteiger partial charge in [0, 0.05) is 10.0 Å². The zero-order valence-electron chi connectivity index (χ0n) is 7.42. The van der Waals surface area contributed by atoms with Gasteiger partial charge in [-0.15, -0.1) is 0 Å². The topological polar surface area (TPSA) is 36.3 Å². The number of hydrogen-bond acceptors (Lipinski definition) is 2. The molecule has 2 unspecified atom stereocenters. The summed E-state index contributed by atoms with van der Waals surface area (Å²) < 4.78 is 18.7. The fraction of sp³-hybridized carbons (Fsp3) is 0.300. The summed E-state index contributed by atoms with van der Waals surface area (Å²) in [7, 11) is 0. The van der Waals surface area contributed by atoms with Gasteiger partial charge >= 0.3 is 0 Å². The van der Waals surface area contributed by atoms with Gasteiger partial charge in [-0.05, 0) is 19.1 Å². The minimum absolute atomic E-state index is 0.307. The minimum atomic E-state index is -0.582. The van der Waals surface area contributed by atoms with E-state index in [-0.39, 0.29) is 5.82 Å². The van der Waals surface area contributed by atoms with Crippen LogP contribution >= 0.6 is 15.9 Å². The average Bonchev–Trinajstić information content (AvgIpc) is 2.77. The van der Waals surface area contributed by atoms with Gasteiger partial charge in [-0.25, -0.2) is 4.39 Å². The first kappa shape index (κ1) is 9.63. The Morgan fingerprint density at radius 2 is 2.36 bits per heavy atom. The molecule has 1 saturated heterocycles. The third kappa shape index (κ3) is 1.33. The van der Waals surface area contributed by atoms with Crippen molar-refractivity contribution in [1.82, 2.24) is 0 Å². The summed E-state index contributed by atoms with van der Waals surface area (Å²) >= 11 is 3.25. The number of epoxide rings is 1. The molecule has 0 saturated carbocycles. The maximum Gasteiger partial charge on any atom is 0.178 e. The van der Waals surface area contributed by atoms with E-state index in [2.05, 4.69) is 15.9 Å². The van der Waals surface area contributed by atoms with Crippen LogP contribution < -0.4 is 0 Å². The van der Waals surface area contributed by atoms with Crippen LogP contribution in [0.15, 0.2) is 22.7 Å². The van der Waals surface area contributed by atoms with Crippen molar-refractivity contribution in [2.24, 2.45) is 0 Å². The van der Waals surface area contributed by atoms with Crippen molar-refractivity contribution in [3.63, 3.8) is 0 Å². The smallest absolute Gasteiger partial charge is 0.178 e. The van der Waals surface area contributed by atoms with E-state index in [1.165, 1.54) is 12.1 Å². The summed E-state index contributed by atoms with van der Waals surface area (Å²) in [5, 5.41) is 8.68. The van der Waals surface area contributed by atoms with Gasteiger partial charge in [0.05, 0.1) is 6.07 Å². The molecular weight excluding hydrogens is 249 g/mol. The van der Waals surface area contributed by atoms with Crippen LogP contribution in [-0.4, -0.2) is 6.10 Å². The van der Waals surface area contributed by atoms with E-state index in [4.69, 9.17) is 10.00 Å². The van der Waals surface area contributed by atoms with E-state index in [1.807, 2.05) is 13.0 Å². The van der Waals surface area contributed by atoms with Crippen molar-refractivity contribution < 1.29 is 9.13 Å². The van der Waals surface area contributed by atoms with Crippen LogP contribution in [0.1, 0.15) is 12.5 Å². The van der Waals surface area contributed by atoms with Gasteiger partial charge in [0.15, 0.2) is 6.10 Å². The van der Waals surface area contributed by atoms with E-state index >= 15 is 0 Å². The van der Waals surface area contributed by atoms with E-state index in [0.717, 1.165) is 5.56 Å². The molecule has 72 valence electrons. The Hall–Kier alpha value is -0.920. The van der Waals surface area contributed by atoms with Gasteiger partial charge in [-0.1, -0.05) is 22.0 Å². The summed E-state index contributed by atoms with van der Waals surface area (Å²) in [5.41, 5.74) is 0.229. The molecule has 0 amide bonds. The summed E-state index contributed by atoms with van der Waals surface area (Å²) in [5.74, 6) is -0.307. The van der Waals surface area contributed by atoms with E-state index in [9.17, 15) is 4.39 Å². The molecule has 1 aliphatic heterocycles. The molecule has 0 spiro atoms. The molecule has 0 N–H and O–H groups in total. The molecule has 0 bridgehead atoms. The molecule has 0 aliphatic carbocycles. The Morgan fingerprint density at radius 1 is 1.64 bits per heavy atom. The van der Waals surface area contributed by atoms with Gasteiger partial charge in [-0.2, -0.15) is 5.26 Å². The zero-order chi connectivity index (χ0) is 10.3. The highest BCUT2D eigenvalue weighted by Crippen LogP contribution is 2.47. The summed E-state index contributed by atoms with van der Waals surface area (Å²) in [4.78, 5) is 0. The number of benzene rings is 1. The third-order valence-electron chi connectivity index (χ3n) is 2.39. The van der Waals surface area contributed by atoms with E-state index in [1.54, 1.807) is 6.07 Å². The second-order valence-corrected chi connectivity index (χ2v) is 4.21. The Morgan fingerprint density at radius 3 is 2.86 bits per heavy atom. The first-order valence-corrected chi connectivity index (χ1v) is 4.90. The van der Waals surface area contributed by atoms with Crippen LogP contribution in [0, 0.1) is 17.1 Å². The van der Waals surface area contributed by atoms with E-state index < -0.39 is 11.7 Å². The van der Waals surface area contributed by atoms with Gasteiger partial charge < -0.3 is 4.74 Å². The molecule has 14 heavy (non-hydrogen) atoms. The fourth-order valence-electron chi connectivity index (χ4n) is 1.46. The van der Waals surface area contributed by atoms with Crippen molar-refractivity contribution in [3.8, 4) is 6.07 Å². The molecule has 2 nitrogen and oxygen atoms in total. The monoisotopic (exact) mass is 255 g/mol. The van der Waals surface area contributed by atoms with Crippen molar-refractivity contribution in [2.75, 3.05) is 0 Å². The Bertz CT molecular complexity index is 429. The lowest BCUT2D eigenvalue weighted by molar-refractivity contribution is 0.320. The maximum absolute atomic E-state index is 12.8. The Labute approximate surface area is 89.4 Å². The standard InChI is InChI=1S/C10H7BrFNO/c1-10(9(5-13)14-10)7-3-2-6(12)4-8(7)11/h2-4,9H,1H3. The molecule has 1 fully saturated rings. The lowest BCUT2D eigenvalue weighted by Crippen LogP contribution is -2.07. The number of nitrogens with zero attached hydrogens (tertiary/aromatic N) is 1. The molecule has 1 heterocycles. The van der Waals surface area contributed by atoms with Crippen LogP contribution in [0.4, 0.5) is 4.39 Å². The number of ether oxygens (including phenoxy) is 1. The van der Waals surface area contributed by atoms with Crippen LogP contribution in [0.2, 0.25) is 0 Å². The first-order valence-electron chi connectivity index (χ1n) is 4.11. The van der Waals surface area contributed by atoms with Crippen LogP contribution in [0.3, 0.4) is 0 Å². The summed E-state index contributed by atoms with van der Waals surface area (Å²) in [6.07, 6.45) is -0.427. The number of nitriles is 1. The van der Waals surface area contributed by atoms with Crippen LogP contribution in [0.5, 0.6) is 0 Å². The lowest BCUT2D eigenvalue weighted by Gasteiger charge is -2.07. The SMILES string of the molecule is CC1(c2ccc(F)cc2Br)OC1C#N. The second kappa shape index (κ2) is 3.04. The van der Waals surface area contributed by atoms with Gasteiger partial charge in [0.2, 0.25) is 0 Å². The minimum Gasteiger partial charge on any atom is -0.345 e. The molecule has 4 heteroatoms. The first-order chi connectivity index (χ1) is 6.58. The van der Waals surface area contributed by atoms with Crippen molar-refractivity contribution in [3.05, 3.63) is 34.1 Å². The van der Waals surface area contributed by atoms with Crippen molar-refractivity contribution in [2.45, 2.75) is 18.6 Å². The fourth-order valence-corrected chi connectivity index (χ4v) is 2.20. The highest BCUT2D eigenvalue weighted by atomic mass is 79.9. The zero-order valence-corrected chi connectivity index (χ0v) is 9.01. The van der Waals surface area contributed by atoms with Gasteiger partial charge in [0.25, 0.3) is 0 Å². The third-order valence-corrected chi connectivity index (χ3v) is 3.05. The van der Waals surface area contributed by atoms with Crippen molar-refractivity contribution in [1.29, 1.82) is 5.26 Å². The van der Waals surface area contributed by atoms with Crippen LogP contribution in [0.25, 0.3) is 0 Å². The predicted molar refractivity (Wildman–Crippen MR) is 51.9 cm³/mol. The van der Waals surface area contributed by atoms with Crippen molar-refractivity contribution >= 4 is 15.9 Å². The second-order valence-electron chi connectivity index (χ2n) is 3.36. The maximum atomic E-state index is 12.8. The highest BCUT2D eigenvalue weighted by Gasteiger charge is 2.55. The normalized spacial score (nSPS) is 29.7. The number of rotatable bonds is 1. The molecule has 2 atom stereocenters. The van der Waals surface area contributed by atoms with E-state index in [0.29, 0.717) is 4.47 Å². The summed E-state index contributed by atoms with van der Waals surface area (Å²) in [6.45, 7) is 1.82. The number of hydrogen-bond donors (Lipinski definition) is 0. The van der Waals surface area contributed by atoms with Gasteiger partial charge in [-0.3, -0.25) is 0 Å². The Kier molecular flexibility index (Phi) is 2.09. The van der Waals surface area contributed by atoms with Crippen LogP contribution in [-0.2, 0) is 10.3 Å². The Balaban J connectivity index is 2.40. The molecule has 1 aromatic rings. The largest absolute Gasteiger partial charge is 0.345 e.